The average Bonchev–Trinajstić information content (AvgIpc) is 2.95. The zero-order chi connectivity index (χ0) is 18.8. The minimum absolute atomic E-state index is 0.354. The molecule has 3 rings (SSSR count). The summed E-state index contributed by atoms with van der Waals surface area (Å²) in [7, 11) is 0. The molecule has 0 atom stereocenters. The van der Waals surface area contributed by atoms with E-state index in [0.717, 1.165) is 39.5 Å². The van der Waals surface area contributed by atoms with Crippen LogP contribution in [0.3, 0.4) is 0 Å². The first-order chi connectivity index (χ1) is 12.3. The highest BCUT2D eigenvalue weighted by Crippen LogP contribution is 2.29. The quantitative estimate of drug-likeness (QED) is 0.699. The molecule has 0 spiro atoms. The second-order valence-electron chi connectivity index (χ2n) is 5.67. The van der Waals surface area contributed by atoms with Gasteiger partial charge < -0.3 is 4.74 Å². The summed E-state index contributed by atoms with van der Waals surface area (Å²) in [5, 5.41) is 2.87. The molecule has 5 nitrogen and oxygen atoms in total. The van der Waals surface area contributed by atoms with Gasteiger partial charge >= 0.3 is 5.97 Å². The zero-order valence-electron chi connectivity index (χ0n) is 13.9. The minimum atomic E-state index is -1.24. The molecule has 0 radical (unpaired) electrons. The molecule has 0 saturated carbocycles. The van der Waals surface area contributed by atoms with Crippen LogP contribution in [0.15, 0.2) is 30.3 Å². The van der Waals surface area contributed by atoms with Crippen molar-refractivity contribution in [2.45, 2.75) is 13.8 Å². The van der Waals surface area contributed by atoms with E-state index in [-0.39, 0.29) is 0 Å². The number of nitrogens with one attached hydrogen (secondary N) is 1. The van der Waals surface area contributed by atoms with Gasteiger partial charge in [0.2, 0.25) is 0 Å². The van der Waals surface area contributed by atoms with Gasteiger partial charge in [0.05, 0.1) is 10.2 Å². The first kappa shape index (κ1) is 17.9. The number of nitrogens with zero attached hydrogens (tertiary/aromatic N) is 1. The van der Waals surface area contributed by atoms with Crippen LogP contribution in [0.4, 0.5) is 13.9 Å². The van der Waals surface area contributed by atoms with Gasteiger partial charge in [-0.25, -0.2) is 18.6 Å². The Kier molecular flexibility index (Phi) is 4.94. The Bertz CT molecular complexity index is 997. The molecule has 0 aliphatic carbocycles. The second-order valence-corrected chi connectivity index (χ2v) is 6.70. The monoisotopic (exact) mass is 376 g/mol. The van der Waals surface area contributed by atoms with Crippen LogP contribution in [-0.2, 0) is 9.53 Å². The number of amides is 1. The maximum absolute atomic E-state index is 13.5. The third kappa shape index (κ3) is 3.70. The Morgan fingerprint density at radius 2 is 1.88 bits per heavy atom. The van der Waals surface area contributed by atoms with Crippen molar-refractivity contribution < 1.29 is 23.1 Å². The van der Waals surface area contributed by atoms with Crippen LogP contribution in [0.25, 0.3) is 10.2 Å². The lowest BCUT2D eigenvalue weighted by Gasteiger charge is -2.06. The van der Waals surface area contributed by atoms with Crippen LogP contribution in [0, 0.1) is 25.5 Å². The van der Waals surface area contributed by atoms with Gasteiger partial charge in [0.1, 0.15) is 17.2 Å². The van der Waals surface area contributed by atoms with E-state index < -0.39 is 35.7 Å². The number of fused-ring (bicyclic) bond motifs is 1. The van der Waals surface area contributed by atoms with E-state index >= 15 is 0 Å². The van der Waals surface area contributed by atoms with E-state index in [2.05, 4.69) is 15.0 Å². The summed E-state index contributed by atoms with van der Waals surface area (Å²) >= 11 is 1.29. The third-order valence-corrected chi connectivity index (χ3v) is 4.50. The number of esters is 1. The van der Waals surface area contributed by atoms with Crippen molar-refractivity contribution >= 4 is 38.6 Å². The Balaban J connectivity index is 1.66. The molecule has 0 bridgehead atoms. The van der Waals surface area contributed by atoms with Gasteiger partial charge in [-0.1, -0.05) is 23.5 Å². The molecule has 0 unspecified atom stereocenters. The molecule has 0 saturated heterocycles. The molecule has 0 fully saturated rings. The summed E-state index contributed by atoms with van der Waals surface area (Å²) in [4.78, 5) is 28.0. The summed E-state index contributed by atoms with van der Waals surface area (Å²) in [6, 6.07) is 6.94. The van der Waals surface area contributed by atoms with Gasteiger partial charge in [-0.3, -0.25) is 10.1 Å². The normalized spacial score (nSPS) is 10.8. The number of carbonyl (C=O) groups is 2. The molecular formula is C18H14F2N2O3S. The molecule has 1 aromatic heterocycles. The minimum Gasteiger partial charge on any atom is -0.452 e. The number of ether oxygens (including phenoxy) is 1. The highest BCUT2D eigenvalue weighted by Gasteiger charge is 2.20. The van der Waals surface area contributed by atoms with Crippen LogP contribution >= 0.6 is 11.3 Å². The first-order valence-corrected chi connectivity index (χ1v) is 8.45. The summed E-state index contributed by atoms with van der Waals surface area (Å²) in [6.45, 7) is 3.21. The van der Waals surface area contributed by atoms with E-state index in [9.17, 15) is 18.4 Å². The highest BCUT2D eigenvalue weighted by atomic mass is 32.1. The maximum atomic E-state index is 13.5. The SMILES string of the molecule is Cc1cc(C)c2nc(NC(=O)COC(=O)c3c(F)cccc3F)sc2c1. The van der Waals surface area contributed by atoms with Crippen molar-refractivity contribution in [1.29, 1.82) is 0 Å². The summed E-state index contributed by atoms with van der Waals surface area (Å²) in [5.74, 6) is -3.99. The van der Waals surface area contributed by atoms with Crippen LogP contribution < -0.4 is 5.32 Å². The van der Waals surface area contributed by atoms with Gasteiger partial charge in [-0.15, -0.1) is 0 Å². The van der Waals surface area contributed by atoms with Crippen LogP contribution in [0.5, 0.6) is 0 Å². The number of aromatic nitrogens is 1. The lowest BCUT2D eigenvalue weighted by atomic mass is 10.1. The van der Waals surface area contributed by atoms with E-state index in [4.69, 9.17) is 0 Å². The van der Waals surface area contributed by atoms with Crippen molar-refractivity contribution in [3.8, 4) is 0 Å². The predicted octanol–water partition coefficient (Wildman–Crippen LogP) is 3.99. The highest BCUT2D eigenvalue weighted by molar-refractivity contribution is 7.22. The van der Waals surface area contributed by atoms with Gasteiger partial charge in [-0.05, 0) is 43.2 Å². The largest absolute Gasteiger partial charge is 0.452 e. The molecule has 1 heterocycles. The molecule has 26 heavy (non-hydrogen) atoms. The Morgan fingerprint density at radius 1 is 1.19 bits per heavy atom. The number of carbonyl (C=O) groups excluding carboxylic acids is 2. The van der Waals surface area contributed by atoms with E-state index in [0.29, 0.717) is 5.13 Å². The molecule has 3 aromatic rings. The molecule has 1 N–H and O–H groups in total. The summed E-state index contributed by atoms with van der Waals surface area (Å²) < 4.78 is 32.6. The first-order valence-electron chi connectivity index (χ1n) is 7.64. The van der Waals surface area contributed by atoms with E-state index in [1.807, 2.05) is 26.0 Å². The topological polar surface area (TPSA) is 68.3 Å². The predicted molar refractivity (Wildman–Crippen MR) is 94.4 cm³/mol. The fraction of sp³-hybridized carbons (Fsp3) is 0.167. The molecular weight excluding hydrogens is 362 g/mol. The van der Waals surface area contributed by atoms with Crippen molar-refractivity contribution in [3.63, 3.8) is 0 Å². The average molecular weight is 376 g/mol. The standard InChI is InChI=1S/C18H14F2N2O3S/c1-9-6-10(2)16-13(7-9)26-18(22-16)21-14(23)8-25-17(24)15-11(19)4-3-5-12(15)20/h3-7H,8H2,1-2H3,(H,21,22,23). The van der Waals surface area contributed by atoms with Crippen molar-refractivity contribution in [1.82, 2.24) is 4.98 Å². The van der Waals surface area contributed by atoms with Gasteiger partial charge in [0, 0.05) is 0 Å². The van der Waals surface area contributed by atoms with Crippen LogP contribution in [0.2, 0.25) is 0 Å². The number of anilines is 1. The number of thiazole rings is 1. The Hall–Kier alpha value is -2.87. The van der Waals surface area contributed by atoms with Gasteiger partial charge in [0.15, 0.2) is 11.7 Å². The number of rotatable bonds is 4. The number of hydrogen-bond acceptors (Lipinski definition) is 5. The van der Waals surface area contributed by atoms with Crippen molar-refractivity contribution in [2.24, 2.45) is 0 Å². The number of aryl methyl sites for hydroxylation is 2. The second kappa shape index (κ2) is 7.17. The van der Waals surface area contributed by atoms with Gasteiger partial charge in [-0.2, -0.15) is 0 Å². The van der Waals surface area contributed by atoms with E-state index in [1.165, 1.54) is 11.3 Å². The molecule has 134 valence electrons. The zero-order valence-corrected chi connectivity index (χ0v) is 14.7. The molecule has 0 aliphatic rings. The molecule has 0 aliphatic heterocycles. The summed E-state index contributed by atoms with van der Waals surface area (Å²) in [5.41, 5.74) is 2.02. The van der Waals surface area contributed by atoms with Crippen molar-refractivity contribution in [2.75, 3.05) is 11.9 Å². The van der Waals surface area contributed by atoms with Crippen molar-refractivity contribution in [3.05, 3.63) is 58.7 Å². The van der Waals surface area contributed by atoms with E-state index in [1.54, 1.807) is 0 Å². The fourth-order valence-corrected chi connectivity index (χ4v) is 3.53. The van der Waals surface area contributed by atoms with Crippen LogP contribution in [0.1, 0.15) is 21.5 Å². The number of benzene rings is 2. The maximum Gasteiger partial charge on any atom is 0.344 e. The Labute approximate surface area is 151 Å². The summed E-state index contributed by atoms with van der Waals surface area (Å²) in [6.07, 6.45) is 0. The number of halogens is 2. The third-order valence-electron chi connectivity index (χ3n) is 3.58. The molecule has 8 heteroatoms. The smallest absolute Gasteiger partial charge is 0.344 e. The number of hydrogen-bond donors (Lipinski definition) is 1. The van der Waals surface area contributed by atoms with Gasteiger partial charge in [0.25, 0.3) is 5.91 Å². The Morgan fingerprint density at radius 3 is 2.58 bits per heavy atom. The van der Waals surface area contributed by atoms with Crippen LogP contribution in [-0.4, -0.2) is 23.5 Å². The molecule has 1 amide bonds. The lowest BCUT2D eigenvalue weighted by molar-refractivity contribution is -0.119. The lowest BCUT2D eigenvalue weighted by Crippen LogP contribution is -2.21. The fourth-order valence-electron chi connectivity index (χ4n) is 2.48. The molecule has 2 aromatic carbocycles.